The van der Waals surface area contributed by atoms with Crippen LogP contribution in [0.1, 0.15) is 23.9 Å². The van der Waals surface area contributed by atoms with Crippen LogP contribution in [-0.4, -0.2) is 29.6 Å². The van der Waals surface area contributed by atoms with E-state index in [4.69, 9.17) is 9.47 Å². The van der Waals surface area contributed by atoms with Crippen molar-refractivity contribution in [2.45, 2.75) is 32.9 Å². The highest BCUT2D eigenvalue weighted by atomic mass is 32.1. The lowest BCUT2D eigenvalue weighted by atomic mass is 10.1. The van der Waals surface area contributed by atoms with Gasteiger partial charge < -0.3 is 9.47 Å². The van der Waals surface area contributed by atoms with Crippen LogP contribution in [-0.2, 0) is 20.9 Å². The second-order valence-corrected chi connectivity index (χ2v) is 7.99. The Bertz CT molecular complexity index is 1200. The number of rotatable bonds is 5. The number of fused-ring (bicyclic) bond motifs is 2. The predicted octanol–water partition coefficient (Wildman–Crippen LogP) is 4.27. The van der Waals surface area contributed by atoms with Crippen LogP contribution in [0.2, 0.25) is 0 Å². The first-order valence-electron chi connectivity index (χ1n) is 9.46. The summed E-state index contributed by atoms with van der Waals surface area (Å²) in [7, 11) is 0. The summed E-state index contributed by atoms with van der Waals surface area (Å²) in [6, 6.07) is 5.65. The molecule has 1 unspecified atom stereocenters. The zero-order valence-corrected chi connectivity index (χ0v) is 17.4. The Morgan fingerprint density at radius 1 is 1.29 bits per heavy atom. The zero-order valence-electron chi connectivity index (χ0n) is 16.6. The van der Waals surface area contributed by atoms with E-state index in [0.717, 1.165) is 16.9 Å². The molecule has 1 amide bonds. The SMILES string of the molecule is CCOC(=O)CC1Oc2c(C)cccc2N(Cc2nc3c(F)c(F)cc(F)c3s2)C1=O. The van der Waals surface area contributed by atoms with Crippen LogP contribution in [0.5, 0.6) is 5.75 Å². The molecule has 0 bridgehead atoms. The van der Waals surface area contributed by atoms with E-state index in [0.29, 0.717) is 17.5 Å². The van der Waals surface area contributed by atoms with Crippen molar-refractivity contribution in [2.24, 2.45) is 0 Å². The molecule has 2 aromatic carbocycles. The van der Waals surface area contributed by atoms with E-state index >= 15 is 0 Å². The number of amides is 1. The summed E-state index contributed by atoms with van der Waals surface area (Å²) in [6.07, 6.45) is -1.40. The minimum absolute atomic E-state index is 0.127. The zero-order chi connectivity index (χ0) is 22.3. The van der Waals surface area contributed by atoms with Crippen molar-refractivity contribution in [3.8, 4) is 5.75 Å². The highest BCUT2D eigenvalue weighted by Gasteiger charge is 2.37. The van der Waals surface area contributed by atoms with Crippen molar-refractivity contribution >= 4 is 39.1 Å². The lowest BCUT2D eigenvalue weighted by Crippen LogP contribution is -2.46. The Balaban J connectivity index is 1.72. The van der Waals surface area contributed by atoms with Crippen LogP contribution >= 0.6 is 11.3 Å². The molecule has 3 aromatic rings. The molecule has 0 saturated carbocycles. The fraction of sp³-hybridized carbons (Fsp3) is 0.286. The number of esters is 1. The minimum atomic E-state index is -1.33. The number of hydrogen-bond donors (Lipinski definition) is 0. The first kappa shape index (κ1) is 21.1. The maximum atomic E-state index is 14.1. The molecule has 0 N–H and O–H groups in total. The molecular weight excluding hydrogens is 433 g/mol. The number of ether oxygens (including phenoxy) is 2. The molecule has 1 atom stereocenters. The lowest BCUT2D eigenvalue weighted by molar-refractivity contribution is -0.147. The summed E-state index contributed by atoms with van der Waals surface area (Å²) in [5.41, 5.74) is 0.759. The van der Waals surface area contributed by atoms with Gasteiger partial charge in [0.25, 0.3) is 5.91 Å². The highest BCUT2D eigenvalue weighted by molar-refractivity contribution is 7.18. The summed E-state index contributed by atoms with van der Waals surface area (Å²) in [5.74, 6) is -4.19. The number of para-hydroxylation sites is 1. The van der Waals surface area contributed by atoms with Gasteiger partial charge in [0.15, 0.2) is 17.7 Å². The molecule has 1 aromatic heterocycles. The molecule has 4 rings (SSSR count). The van der Waals surface area contributed by atoms with E-state index in [1.54, 1.807) is 32.0 Å². The van der Waals surface area contributed by atoms with Crippen LogP contribution < -0.4 is 9.64 Å². The van der Waals surface area contributed by atoms with Gasteiger partial charge in [-0.15, -0.1) is 11.3 Å². The number of benzene rings is 2. The van der Waals surface area contributed by atoms with Gasteiger partial charge >= 0.3 is 5.97 Å². The topological polar surface area (TPSA) is 68.7 Å². The monoisotopic (exact) mass is 450 g/mol. The second-order valence-electron chi connectivity index (χ2n) is 6.90. The molecule has 31 heavy (non-hydrogen) atoms. The van der Waals surface area contributed by atoms with E-state index in [1.807, 2.05) is 0 Å². The Morgan fingerprint density at radius 2 is 2.06 bits per heavy atom. The van der Waals surface area contributed by atoms with Gasteiger partial charge in [-0.05, 0) is 25.5 Å². The van der Waals surface area contributed by atoms with Gasteiger partial charge in [0, 0.05) is 6.07 Å². The van der Waals surface area contributed by atoms with E-state index in [2.05, 4.69) is 4.98 Å². The Labute approximate surface area is 179 Å². The number of halogens is 3. The van der Waals surface area contributed by atoms with Crippen LogP contribution in [0.4, 0.5) is 18.9 Å². The molecule has 10 heteroatoms. The summed E-state index contributed by atoms with van der Waals surface area (Å²) in [5, 5.41) is 0.205. The van der Waals surface area contributed by atoms with Gasteiger partial charge in [0.1, 0.15) is 22.1 Å². The normalized spacial score (nSPS) is 15.7. The fourth-order valence-electron chi connectivity index (χ4n) is 3.38. The third-order valence-corrected chi connectivity index (χ3v) is 5.84. The second kappa shape index (κ2) is 8.18. The molecule has 0 fully saturated rings. The van der Waals surface area contributed by atoms with Crippen LogP contribution in [0.25, 0.3) is 10.2 Å². The Kier molecular flexibility index (Phi) is 5.57. The van der Waals surface area contributed by atoms with Gasteiger partial charge in [-0.3, -0.25) is 14.5 Å². The lowest BCUT2D eigenvalue weighted by Gasteiger charge is -2.34. The number of aryl methyl sites for hydroxylation is 1. The van der Waals surface area contributed by atoms with E-state index in [9.17, 15) is 22.8 Å². The predicted molar refractivity (Wildman–Crippen MR) is 108 cm³/mol. The maximum absolute atomic E-state index is 14.1. The van der Waals surface area contributed by atoms with Crippen molar-refractivity contribution in [1.82, 2.24) is 4.98 Å². The van der Waals surface area contributed by atoms with Crippen molar-refractivity contribution < 1.29 is 32.2 Å². The Morgan fingerprint density at radius 3 is 2.81 bits per heavy atom. The van der Waals surface area contributed by atoms with Gasteiger partial charge in [-0.25, -0.2) is 18.2 Å². The van der Waals surface area contributed by atoms with E-state index in [-0.39, 0.29) is 29.3 Å². The molecule has 0 saturated heterocycles. The summed E-state index contributed by atoms with van der Waals surface area (Å²) >= 11 is 0.825. The molecule has 1 aliphatic rings. The number of anilines is 1. The number of carbonyl (C=O) groups excluding carboxylic acids is 2. The number of nitrogens with zero attached hydrogens (tertiary/aromatic N) is 2. The number of carbonyl (C=O) groups is 2. The molecular formula is C21H17F3N2O4S. The molecule has 162 valence electrons. The van der Waals surface area contributed by atoms with Crippen LogP contribution in [0, 0.1) is 24.4 Å². The first-order valence-corrected chi connectivity index (χ1v) is 10.3. The summed E-state index contributed by atoms with van der Waals surface area (Å²) < 4.78 is 52.3. The number of thiazole rings is 1. The van der Waals surface area contributed by atoms with Crippen molar-refractivity contribution in [3.05, 3.63) is 52.3 Å². The van der Waals surface area contributed by atoms with E-state index < -0.39 is 40.9 Å². The first-order chi connectivity index (χ1) is 14.8. The van der Waals surface area contributed by atoms with Crippen LogP contribution in [0.15, 0.2) is 24.3 Å². The Hall–Kier alpha value is -3.14. The number of aromatic nitrogens is 1. The maximum Gasteiger partial charge on any atom is 0.310 e. The summed E-state index contributed by atoms with van der Waals surface area (Å²) in [4.78, 5) is 30.4. The quantitative estimate of drug-likeness (QED) is 0.429. The third kappa shape index (κ3) is 3.83. The van der Waals surface area contributed by atoms with Gasteiger partial charge in [-0.2, -0.15) is 0 Å². The third-order valence-electron chi connectivity index (χ3n) is 4.79. The fourth-order valence-corrected chi connectivity index (χ4v) is 4.34. The summed E-state index contributed by atoms with van der Waals surface area (Å²) in [6.45, 7) is 3.48. The number of hydrogen-bond acceptors (Lipinski definition) is 6. The average molecular weight is 450 g/mol. The van der Waals surface area contributed by atoms with Crippen molar-refractivity contribution in [3.63, 3.8) is 0 Å². The highest BCUT2D eigenvalue weighted by Crippen LogP contribution is 2.39. The molecule has 0 spiro atoms. The van der Waals surface area contributed by atoms with Gasteiger partial charge in [0.2, 0.25) is 0 Å². The van der Waals surface area contributed by atoms with Crippen molar-refractivity contribution in [2.75, 3.05) is 11.5 Å². The van der Waals surface area contributed by atoms with Crippen LogP contribution in [0.3, 0.4) is 0 Å². The van der Waals surface area contributed by atoms with Gasteiger partial charge in [0.05, 0.1) is 30.0 Å². The molecule has 0 radical (unpaired) electrons. The van der Waals surface area contributed by atoms with Gasteiger partial charge in [-0.1, -0.05) is 12.1 Å². The minimum Gasteiger partial charge on any atom is -0.477 e. The standard InChI is InChI=1S/C21H17F3N2O4S/c1-3-29-16(27)8-14-21(28)26(13-6-4-5-10(2)19(13)30-14)9-15-25-18-17(24)11(22)7-12(23)20(18)31-15/h4-7,14H,3,8-9H2,1-2H3. The largest absolute Gasteiger partial charge is 0.477 e. The van der Waals surface area contributed by atoms with Crippen molar-refractivity contribution in [1.29, 1.82) is 0 Å². The molecule has 1 aliphatic heterocycles. The van der Waals surface area contributed by atoms with E-state index in [1.165, 1.54) is 4.90 Å². The molecule has 6 nitrogen and oxygen atoms in total. The molecule has 0 aliphatic carbocycles. The average Bonchev–Trinajstić information content (AvgIpc) is 3.15. The molecule has 2 heterocycles. The smallest absolute Gasteiger partial charge is 0.310 e.